The van der Waals surface area contributed by atoms with Gasteiger partial charge in [0.05, 0.1) is 24.1 Å². The molecule has 5 rings (SSSR count). The van der Waals surface area contributed by atoms with Crippen LogP contribution >= 0.6 is 11.9 Å². The molecule has 2 aromatic carbocycles. The van der Waals surface area contributed by atoms with E-state index in [0.29, 0.717) is 18.7 Å². The molecule has 0 bridgehead atoms. The number of rotatable bonds is 5. The first-order valence-corrected chi connectivity index (χ1v) is 13.4. The number of hydrogen-bond donors (Lipinski definition) is 1. The molecule has 0 saturated carbocycles. The number of hydrogen-bond acceptors (Lipinski definition) is 7. The fourth-order valence-corrected chi connectivity index (χ4v) is 5.79. The Kier molecular flexibility index (Phi) is 5.81. The van der Waals surface area contributed by atoms with Gasteiger partial charge in [-0.3, -0.25) is 10.2 Å². The first kappa shape index (κ1) is 23.1. The van der Waals surface area contributed by atoms with Crippen LogP contribution in [0.25, 0.3) is 17.0 Å². The maximum Gasteiger partial charge on any atom is 0.283 e. The van der Waals surface area contributed by atoms with Crippen molar-refractivity contribution in [3.05, 3.63) is 71.4 Å². The largest absolute Gasteiger partial charge is 0.491 e. The molecule has 0 saturated heterocycles. The zero-order valence-corrected chi connectivity index (χ0v) is 20.6. The van der Waals surface area contributed by atoms with Gasteiger partial charge in [0.2, 0.25) is 20.2 Å². The minimum Gasteiger partial charge on any atom is -0.491 e. The highest BCUT2D eigenvalue weighted by molar-refractivity contribution is 8.16. The van der Waals surface area contributed by atoms with Crippen LogP contribution in [0.5, 0.6) is 5.75 Å². The monoisotopic (exact) mass is 507 g/mol. The summed E-state index contributed by atoms with van der Waals surface area (Å²) >= 11 is 0.770. The van der Waals surface area contributed by atoms with Gasteiger partial charge in [-0.2, -0.15) is 9.39 Å². The maximum absolute atomic E-state index is 12.7. The number of nitrogens with zero attached hydrogens (tertiary/aromatic N) is 4. The molecule has 3 aromatic rings. The Morgan fingerprint density at radius 3 is 2.66 bits per heavy atom. The van der Waals surface area contributed by atoms with Crippen molar-refractivity contribution in [3.63, 3.8) is 0 Å². The van der Waals surface area contributed by atoms with E-state index in [1.807, 2.05) is 66.2 Å². The van der Waals surface area contributed by atoms with Gasteiger partial charge >= 0.3 is 0 Å². The zero-order chi connectivity index (χ0) is 24.7. The van der Waals surface area contributed by atoms with E-state index in [9.17, 15) is 13.2 Å². The van der Waals surface area contributed by atoms with Gasteiger partial charge in [-0.25, -0.2) is 13.3 Å². The first-order chi connectivity index (χ1) is 16.7. The maximum atomic E-state index is 12.7. The normalized spacial score (nSPS) is 17.1. The van der Waals surface area contributed by atoms with Gasteiger partial charge in [-0.1, -0.05) is 36.4 Å². The van der Waals surface area contributed by atoms with Crippen molar-refractivity contribution in [2.24, 2.45) is 9.39 Å². The van der Waals surface area contributed by atoms with Crippen molar-refractivity contribution in [3.8, 4) is 5.75 Å². The molecule has 11 heteroatoms. The van der Waals surface area contributed by atoms with Crippen molar-refractivity contribution >= 4 is 60.8 Å². The lowest BCUT2D eigenvalue weighted by molar-refractivity contribution is -0.114. The third kappa shape index (κ3) is 4.28. The number of sulfone groups is 1. The lowest BCUT2D eigenvalue weighted by atomic mass is 10.1. The molecule has 0 radical (unpaired) electrons. The predicted molar refractivity (Wildman–Crippen MR) is 138 cm³/mol. The van der Waals surface area contributed by atoms with E-state index in [1.165, 1.54) is 0 Å². The Bertz CT molecular complexity index is 1580. The molecule has 9 nitrogen and oxygen atoms in total. The van der Waals surface area contributed by atoms with Crippen molar-refractivity contribution in [2.45, 2.75) is 13.5 Å². The molecule has 2 aliphatic rings. The van der Waals surface area contributed by atoms with Gasteiger partial charge in [0.25, 0.3) is 5.91 Å². The van der Waals surface area contributed by atoms with E-state index in [2.05, 4.69) is 9.39 Å². The molecule has 35 heavy (non-hydrogen) atoms. The van der Waals surface area contributed by atoms with Crippen LogP contribution in [0.15, 0.2) is 69.7 Å². The van der Waals surface area contributed by atoms with Gasteiger partial charge in [-0.15, -0.1) is 0 Å². The van der Waals surface area contributed by atoms with E-state index in [0.717, 1.165) is 45.3 Å². The molecular formula is C24H21N5O4S2. The van der Waals surface area contributed by atoms with Crippen LogP contribution in [0.1, 0.15) is 11.1 Å². The summed E-state index contributed by atoms with van der Waals surface area (Å²) < 4.78 is 36.1. The SMILES string of the molecule is Cc1ccccc1OCCn1cc(C=C2C(=N)N3C(=NC2=O)SN=C3S(C)(=O)=O)c2ccccc21. The average Bonchev–Trinajstić information content (AvgIpc) is 3.40. The van der Waals surface area contributed by atoms with E-state index >= 15 is 0 Å². The van der Waals surface area contributed by atoms with E-state index < -0.39 is 15.7 Å². The van der Waals surface area contributed by atoms with Crippen LogP contribution in [-0.4, -0.2) is 52.8 Å². The highest BCUT2D eigenvalue weighted by atomic mass is 32.2. The molecule has 3 heterocycles. The van der Waals surface area contributed by atoms with Gasteiger partial charge in [-0.05, 0) is 30.7 Å². The van der Waals surface area contributed by atoms with Crippen molar-refractivity contribution < 1.29 is 17.9 Å². The highest BCUT2D eigenvalue weighted by Crippen LogP contribution is 2.31. The molecule has 0 aliphatic carbocycles. The number of aromatic nitrogens is 1. The summed E-state index contributed by atoms with van der Waals surface area (Å²) in [7, 11) is -3.71. The molecule has 1 N–H and O–H groups in total. The molecular weight excluding hydrogens is 486 g/mol. The second kappa shape index (κ2) is 8.82. The number of benzene rings is 2. The van der Waals surface area contributed by atoms with Gasteiger partial charge in [0.15, 0.2) is 0 Å². The molecule has 0 unspecified atom stereocenters. The van der Waals surface area contributed by atoms with E-state index in [1.54, 1.807) is 6.08 Å². The zero-order valence-electron chi connectivity index (χ0n) is 18.9. The number of ether oxygens (including phenoxy) is 1. The number of amidine groups is 3. The van der Waals surface area contributed by atoms with Crippen LogP contribution in [0.3, 0.4) is 0 Å². The molecule has 0 atom stereocenters. The minimum absolute atomic E-state index is 0.00772. The standard InChI is InChI=1S/C24H21N5O4S2/c1-15-7-3-6-10-20(15)33-12-11-28-14-16(17-8-4-5-9-19(17)28)13-18-21(25)29-23(26-22(18)30)34-27-24(29)35(2,31)32/h3-10,13-14,25H,11-12H2,1-2H3. The summed E-state index contributed by atoms with van der Waals surface area (Å²) in [5.74, 6) is -0.0552. The second-order valence-electron chi connectivity index (χ2n) is 8.09. The topological polar surface area (TPSA) is 117 Å². The summed E-state index contributed by atoms with van der Waals surface area (Å²) in [6.45, 7) is 3.01. The number of para-hydroxylation sites is 2. The number of amides is 1. The number of nitrogens with one attached hydrogen (secondary N) is 1. The smallest absolute Gasteiger partial charge is 0.283 e. The Hall–Kier alpha value is -3.70. The third-order valence-electron chi connectivity index (χ3n) is 5.63. The summed E-state index contributed by atoms with van der Waals surface area (Å²) in [6.07, 6.45) is 4.48. The number of carbonyl (C=O) groups is 1. The molecule has 1 aromatic heterocycles. The molecule has 0 fully saturated rings. The number of fused-ring (bicyclic) bond motifs is 2. The quantitative estimate of drug-likeness (QED) is 0.416. The van der Waals surface area contributed by atoms with Crippen LogP contribution in [-0.2, 0) is 21.2 Å². The molecule has 1 amide bonds. The fourth-order valence-electron chi connectivity index (χ4n) is 3.94. The van der Waals surface area contributed by atoms with Crippen molar-refractivity contribution in [1.29, 1.82) is 5.41 Å². The highest BCUT2D eigenvalue weighted by Gasteiger charge is 2.41. The van der Waals surface area contributed by atoms with Gasteiger partial charge in [0, 0.05) is 28.9 Å². The predicted octanol–water partition coefficient (Wildman–Crippen LogP) is 3.65. The summed E-state index contributed by atoms with van der Waals surface area (Å²) in [6, 6.07) is 15.5. The Morgan fingerprint density at radius 1 is 1.14 bits per heavy atom. The molecule has 178 valence electrons. The van der Waals surface area contributed by atoms with Crippen molar-refractivity contribution in [2.75, 3.05) is 12.9 Å². The number of carbonyl (C=O) groups excluding carboxylic acids is 1. The van der Waals surface area contributed by atoms with Gasteiger partial charge in [0.1, 0.15) is 18.2 Å². The lowest BCUT2D eigenvalue weighted by Gasteiger charge is -2.23. The van der Waals surface area contributed by atoms with Crippen LogP contribution in [0.2, 0.25) is 0 Å². The summed E-state index contributed by atoms with van der Waals surface area (Å²) in [5, 5.41) is 9.22. The summed E-state index contributed by atoms with van der Waals surface area (Å²) in [5.41, 5.74) is 2.71. The van der Waals surface area contributed by atoms with Crippen LogP contribution < -0.4 is 4.74 Å². The van der Waals surface area contributed by atoms with E-state index in [4.69, 9.17) is 10.1 Å². The number of aryl methyl sites for hydroxylation is 1. The first-order valence-electron chi connectivity index (χ1n) is 10.7. The second-order valence-corrected chi connectivity index (χ2v) is 10.7. The fraction of sp³-hybridized carbons (Fsp3) is 0.167. The van der Waals surface area contributed by atoms with Gasteiger partial charge < -0.3 is 9.30 Å². The summed E-state index contributed by atoms with van der Waals surface area (Å²) in [4.78, 5) is 17.8. The average molecular weight is 508 g/mol. The van der Waals surface area contributed by atoms with Crippen LogP contribution in [0.4, 0.5) is 0 Å². The lowest BCUT2D eigenvalue weighted by Crippen LogP contribution is -2.45. The van der Waals surface area contributed by atoms with Crippen molar-refractivity contribution in [1.82, 2.24) is 9.47 Å². The Morgan fingerprint density at radius 2 is 1.89 bits per heavy atom. The number of aliphatic imine (C=N–C) groups is 1. The Balaban J connectivity index is 1.47. The molecule has 0 spiro atoms. The van der Waals surface area contributed by atoms with Crippen LogP contribution in [0, 0.1) is 12.3 Å². The Labute approximate surface area is 206 Å². The molecule has 2 aliphatic heterocycles. The minimum atomic E-state index is -3.71. The third-order valence-corrected chi connectivity index (χ3v) is 7.38. The van der Waals surface area contributed by atoms with E-state index in [-0.39, 0.29) is 21.7 Å².